The third-order valence-corrected chi connectivity index (χ3v) is 3.70. The highest BCUT2D eigenvalue weighted by Gasteiger charge is 2.10. The molecule has 0 bridgehead atoms. The van der Waals surface area contributed by atoms with E-state index in [0.717, 1.165) is 22.0 Å². The topological polar surface area (TPSA) is 38.3 Å². The standard InChI is InChI=1S/C22H19NO2/c1-16(2)22(24)25-21(15-17-9-4-3-5-10-17)23-20-14-8-12-18-11-6-7-13-19(18)20/h3-15,23H,1H2,2H3/b21-15+. The van der Waals surface area contributed by atoms with E-state index in [1.807, 2.05) is 72.8 Å². The van der Waals surface area contributed by atoms with Crippen LogP contribution in [-0.2, 0) is 9.53 Å². The summed E-state index contributed by atoms with van der Waals surface area (Å²) < 4.78 is 5.48. The quantitative estimate of drug-likeness (QED) is 0.388. The van der Waals surface area contributed by atoms with Gasteiger partial charge in [0.05, 0.1) is 0 Å². The van der Waals surface area contributed by atoms with Gasteiger partial charge in [0.2, 0.25) is 5.88 Å². The molecule has 3 aromatic rings. The first kappa shape index (κ1) is 16.5. The summed E-state index contributed by atoms with van der Waals surface area (Å²) in [5.74, 6) is -0.106. The Morgan fingerprint density at radius 3 is 2.40 bits per heavy atom. The van der Waals surface area contributed by atoms with Crippen molar-refractivity contribution >= 4 is 28.5 Å². The van der Waals surface area contributed by atoms with Crippen LogP contribution < -0.4 is 5.32 Å². The first-order valence-corrected chi connectivity index (χ1v) is 8.03. The summed E-state index contributed by atoms with van der Waals surface area (Å²) in [7, 11) is 0. The van der Waals surface area contributed by atoms with Crippen LogP contribution in [-0.4, -0.2) is 5.97 Å². The van der Waals surface area contributed by atoms with E-state index in [9.17, 15) is 4.79 Å². The van der Waals surface area contributed by atoms with Gasteiger partial charge in [0.15, 0.2) is 0 Å². The van der Waals surface area contributed by atoms with Gasteiger partial charge in [0, 0.05) is 22.7 Å². The minimum absolute atomic E-state index is 0.346. The normalized spacial score (nSPS) is 11.2. The number of benzene rings is 3. The number of carbonyl (C=O) groups is 1. The molecule has 3 aromatic carbocycles. The van der Waals surface area contributed by atoms with Crippen LogP contribution in [0.25, 0.3) is 16.8 Å². The highest BCUT2D eigenvalue weighted by molar-refractivity contribution is 5.95. The lowest BCUT2D eigenvalue weighted by Crippen LogP contribution is -2.11. The number of anilines is 1. The van der Waals surface area contributed by atoms with Crippen molar-refractivity contribution in [1.29, 1.82) is 0 Å². The number of carbonyl (C=O) groups excluding carboxylic acids is 1. The van der Waals surface area contributed by atoms with E-state index < -0.39 is 5.97 Å². The molecule has 0 amide bonds. The Morgan fingerprint density at radius 1 is 0.960 bits per heavy atom. The summed E-state index contributed by atoms with van der Waals surface area (Å²) in [5, 5.41) is 5.39. The van der Waals surface area contributed by atoms with E-state index >= 15 is 0 Å². The molecule has 0 atom stereocenters. The molecule has 3 heteroatoms. The summed E-state index contributed by atoms with van der Waals surface area (Å²) in [4.78, 5) is 12.0. The average molecular weight is 329 g/mol. The Kier molecular flexibility index (Phi) is 4.95. The smallest absolute Gasteiger partial charge is 0.339 e. The lowest BCUT2D eigenvalue weighted by atomic mass is 10.1. The van der Waals surface area contributed by atoms with Crippen LogP contribution in [0.4, 0.5) is 5.69 Å². The third-order valence-electron chi connectivity index (χ3n) is 3.70. The van der Waals surface area contributed by atoms with Crippen LogP contribution in [0.3, 0.4) is 0 Å². The first-order chi connectivity index (χ1) is 12.1. The maximum atomic E-state index is 12.0. The molecule has 124 valence electrons. The molecule has 0 saturated heterocycles. The molecule has 0 aromatic heterocycles. The summed E-state index contributed by atoms with van der Waals surface area (Å²) in [6.45, 7) is 5.27. The molecule has 3 nitrogen and oxygen atoms in total. The van der Waals surface area contributed by atoms with Crippen LogP contribution in [0.1, 0.15) is 12.5 Å². The fourth-order valence-electron chi connectivity index (χ4n) is 2.45. The zero-order valence-electron chi connectivity index (χ0n) is 14.0. The van der Waals surface area contributed by atoms with Crippen molar-refractivity contribution in [2.24, 2.45) is 0 Å². The van der Waals surface area contributed by atoms with Gasteiger partial charge in [-0.2, -0.15) is 0 Å². The molecular weight excluding hydrogens is 310 g/mol. The lowest BCUT2D eigenvalue weighted by molar-refractivity contribution is -0.134. The summed E-state index contributed by atoms with van der Waals surface area (Å²) >= 11 is 0. The minimum atomic E-state index is -0.463. The van der Waals surface area contributed by atoms with E-state index in [-0.39, 0.29) is 0 Å². The number of fused-ring (bicyclic) bond motifs is 1. The molecular formula is C22H19NO2. The zero-order valence-corrected chi connectivity index (χ0v) is 14.0. The second-order valence-electron chi connectivity index (χ2n) is 5.74. The molecule has 0 radical (unpaired) electrons. The maximum absolute atomic E-state index is 12.0. The molecule has 0 saturated carbocycles. The molecule has 0 fully saturated rings. The SMILES string of the molecule is C=C(C)C(=O)O/C(=C/c1ccccc1)Nc1cccc2ccccc12. The molecule has 0 aliphatic heterocycles. The van der Waals surface area contributed by atoms with Gasteiger partial charge >= 0.3 is 5.97 Å². The van der Waals surface area contributed by atoms with Crippen molar-refractivity contribution in [3.63, 3.8) is 0 Å². The van der Waals surface area contributed by atoms with E-state index in [0.29, 0.717) is 11.5 Å². The minimum Gasteiger partial charge on any atom is -0.406 e. The molecule has 0 aliphatic carbocycles. The Morgan fingerprint density at radius 2 is 1.64 bits per heavy atom. The van der Waals surface area contributed by atoms with E-state index in [4.69, 9.17) is 4.74 Å². The van der Waals surface area contributed by atoms with Crippen molar-refractivity contribution in [3.05, 3.63) is 96.4 Å². The predicted octanol–water partition coefficient (Wildman–Crippen LogP) is 5.37. The van der Waals surface area contributed by atoms with Crippen LogP contribution in [0, 0.1) is 0 Å². The van der Waals surface area contributed by atoms with Crippen LogP contribution in [0.15, 0.2) is 90.8 Å². The Hall–Kier alpha value is -3.33. The predicted molar refractivity (Wildman–Crippen MR) is 103 cm³/mol. The average Bonchev–Trinajstić information content (AvgIpc) is 2.62. The maximum Gasteiger partial charge on any atom is 0.339 e. The number of nitrogens with one attached hydrogen (secondary N) is 1. The van der Waals surface area contributed by atoms with Crippen LogP contribution in [0.5, 0.6) is 0 Å². The van der Waals surface area contributed by atoms with Crippen molar-refractivity contribution < 1.29 is 9.53 Å². The molecule has 1 N–H and O–H groups in total. The highest BCUT2D eigenvalue weighted by atomic mass is 16.5. The van der Waals surface area contributed by atoms with Crippen LogP contribution >= 0.6 is 0 Å². The largest absolute Gasteiger partial charge is 0.406 e. The number of esters is 1. The monoisotopic (exact) mass is 329 g/mol. The zero-order chi connectivity index (χ0) is 17.6. The number of rotatable bonds is 5. The van der Waals surface area contributed by atoms with E-state index in [1.165, 1.54) is 0 Å². The summed E-state index contributed by atoms with van der Waals surface area (Å²) in [5.41, 5.74) is 2.15. The number of ether oxygens (including phenoxy) is 1. The van der Waals surface area contributed by atoms with Gasteiger partial charge in [-0.3, -0.25) is 0 Å². The lowest BCUT2D eigenvalue weighted by Gasteiger charge is -2.14. The van der Waals surface area contributed by atoms with Crippen molar-refractivity contribution in [1.82, 2.24) is 0 Å². The summed E-state index contributed by atoms with van der Waals surface area (Å²) in [6.07, 6.45) is 1.79. The van der Waals surface area contributed by atoms with Gasteiger partial charge < -0.3 is 10.1 Å². The molecule has 25 heavy (non-hydrogen) atoms. The Balaban J connectivity index is 1.98. The van der Waals surface area contributed by atoms with Gasteiger partial charge in [0.1, 0.15) is 0 Å². The second-order valence-corrected chi connectivity index (χ2v) is 5.74. The second kappa shape index (κ2) is 7.49. The molecule has 3 rings (SSSR count). The molecule has 0 aliphatic rings. The molecule has 0 heterocycles. The number of hydrogen-bond acceptors (Lipinski definition) is 3. The Bertz CT molecular complexity index is 937. The fraction of sp³-hybridized carbons (Fsp3) is 0.0455. The van der Waals surface area contributed by atoms with Crippen molar-refractivity contribution in [3.8, 4) is 0 Å². The van der Waals surface area contributed by atoms with Gasteiger partial charge in [-0.25, -0.2) is 4.79 Å². The third kappa shape index (κ3) is 4.15. The molecule has 0 spiro atoms. The molecule has 0 unspecified atom stereocenters. The van der Waals surface area contributed by atoms with Crippen LogP contribution in [0.2, 0.25) is 0 Å². The summed E-state index contributed by atoms with van der Waals surface area (Å²) in [6, 6.07) is 23.7. The van der Waals surface area contributed by atoms with Gasteiger partial charge in [-0.1, -0.05) is 73.3 Å². The fourth-order valence-corrected chi connectivity index (χ4v) is 2.45. The first-order valence-electron chi connectivity index (χ1n) is 8.03. The van der Waals surface area contributed by atoms with Gasteiger partial charge in [0.25, 0.3) is 0 Å². The highest BCUT2D eigenvalue weighted by Crippen LogP contribution is 2.25. The van der Waals surface area contributed by atoms with Crippen molar-refractivity contribution in [2.75, 3.05) is 5.32 Å². The van der Waals surface area contributed by atoms with E-state index in [1.54, 1.807) is 13.0 Å². The Labute approximate surface area is 147 Å². The van der Waals surface area contributed by atoms with Gasteiger partial charge in [-0.15, -0.1) is 0 Å². The van der Waals surface area contributed by atoms with E-state index in [2.05, 4.69) is 11.9 Å². The van der Waals surface area contributed by atoms with Crippen molar-refractivity contribution in [2.45, 2.75) is 6.92 Å². The number of hydrogen-bond donors (Lipinski definition) is 1. The van der Waals surface area contributed by atoms with Gasteiger partial charge in [-0.05, 0) is 23.9 Å².